The normalized spacial score (nSPS) is 17.4. The maximum absolute atomic E-state index is 11.8. The Morgan fingerprint density at radius 3 is 1.31 bits per heavy atom. The first-order valence-electron chi connectivity index (χ1n) is 10.5. The molecular weight excluding hydrogens is 420 g/mol. The predicted octanol–water partition coefficient (Wildman–Crippen LogP) is -0.171. The quantitative estimate of drug-likeness (QED) is 0.193. The number of nitrogens with zero attached hydrogens (tertiary/aromatic N) is 4. The van der Waals surface area contributed by atoms with Gasteiger partial charge in [0.15, 0.2) is 0 Å². The van der Waals surface area contributed by atoms with Gasteiger partial charge in [0, 0.05) is 38.5 Å². The second kappa shape index (κ2) is 11.8. The van der Waals surface area contributed by atoms with Gasteiger partial charge in [0.2, 0.25) is 35.4 Å². The molecule has 6 amide bonds. The number of rotatable bonds is 11. The van der Waals surface area contributed by atoms with Crippen LogP contribution in [0.15, 0.2) is 10.2 Å². The minimum Gasteiger partial charge on any atom is -0.277 e. The molecule has 2 heterocycles. The van der Waals surface area contributed by atoms with Crippen LogP contribution in [0.4, 0.5) is 0 Å². The lowest BCUT2D eigenvalue weighted by molar-refractivity contribution is -0.139. The van der Waals surface area contributed by atoms with Gasteiger partial charge in [-0.25, -0.2) is 10.9 Å². The van der Waals surface area contributed by atoms with Gasteiger partial charge in [0.25, 0.3) is 0 Å². The number of unbranched alkanes of at least 4 members (excludes halogenated alkanes) is 1. The summed E-state index contributed by atoms with van der Waals surface area (Å²) in [6.07, 6.45) is 2.04. The summed E-state index contributed by atoms with van der Waals surface area (Å²) in [7, 11) is 0. The van der Waals surface area contributed by atoms with E-state index in [2.05, 4.69) is 21.1 Å². The molecule has 32 heavy (non-hydrogen) atoms. The molecule has 2 aliphatic heterocycles. The Morgan fingerprint density at radius 2 is 1.00 bits per heavy atom. The minimum atomic E-state index is -0.336. The Balaban J connectivity index is 1.60. The first-order chi connectivity index (χ1) is 15.2. The lowest BCUT2D eigenvalue weighted by Crippen LogP contribution is -2.34. The highest BCUT2D eigenvalue weighted by Gasteiger charge is 2.29. The van der Waals surface area contributed by atoms with Crippen molar-refractivity contribution in [2.24, 2.45) is 10.2 Å². The average Bonchev–Trinajstić information content (AvgIpc) is 3.24. The van der Waals surface area contributed by atoms with Crippen LogP contribution < -0.4 is 10.9 Å². The van der Waals surface area contributed by atoms with Crippen LogP contribution in [0.3, 0.4) is 0 Å². The summed E-state index contributed by atoms with van der Waals surface area (Å²) in [6.45, 7) is 3.33. The summed E-state index contributed by atoms with van der Waals surface area (Å²) in [5.74, 6) is -1.65. The fourth-order valence-electron chi connectivity index (χ4n) is 3.13. The van der Waals surface area contributed by atoms with E-state index in [4.69, 9.17) is 0 Å². The van der Waals surface area contributed by atoms with Gasteiger partial charge in [-0.2, -0.15) is 10.2 Å². The molecule has 0 saturated carbocycles. The van der Waals surface area contributed by atoms with Gasteiger partial charge in [0.1, 0.15) is 0 Å². The van der Waals surface area contributed by atoms with Gasteiger partial charge < -0.3 is 0 Å². The van der Waals surface area contributed by atoms with Crippen LogP contribution in [0.25, 0.3) is 0 Å². The number of likely N-dealkylation sites (tertiary alicyclic amines) is 2. The summed E-state index contributed by atoms with van der Waals surface area (Å²) in [6, 6.07) is 0. The van der Waals surface area contributed by atoms with Gasteiger partial charge in [-0.3, -0.25) is 38.6 Å². The monoisotopic (exact) mass is 448 g/mol. The van der Waals surface area contributed by atoms with Gasteiger partial charge >= 0.3 is 0 Å². The van der Waals surface area contributed by atoms with Crippen molar-refractivity contribution >= 4 is 46.9 Å². The molecule has 0 aliphatic carbocycles. The molecule has 0 unspecified atom stereocenters. The van der Waals surface area contributed by atoms with E-state index in [0.717, 1.165) is 9.80 Å². The third kappa shape index (κ3) is 7.67. The van der Waals surface area contributed by atoms with Crippen molar-refractivity contribution in [2.75, 3.05) is 13.1 Å². The highest BCUT2D eigenvalue weighted by molar-refractivity contribution is 6.06. The average molecular weight is 448 g/mol. The molecule has 2 aliphatic rings. The number of hydrogen-bond donors (Lipinski definition) is 2. The number of imide groups is 2. The summed E-state index contributed by atoms with van der Waals surface area (Å²) < 4.78 is 0. The smallest absolute Gasteiger partial charge is 0.240 e. The molecule has 2 rings (SSSR count). The van der Waals surface area contributed by atoms with E-state index >= 15 is 0 Å². The Kier molecular flexibility index (Phi) is 9.17. The topological polar surface area (TPSA) is 158 Å². The van der Waals surface area contributed by atoms with Crippen LogP contribution in [0, 0.1) is 0 Å². The number of carbonyl (C=O) groups is 6. The minimum absolute atomic E-state index is 0.0537. The van der Waals surface area contributed by atoms with E-state index < -0.39 is 0 Å². The van der Waals surface area contributed by atoms with Crippen molar-refractivity contribution in [3.05, 3.63) is 0 Å². The maximum atomic E-state index is 11.8. The van der Waals surface area contributed by atoms with E-state index in [9.17, 15) is 28.8 Å². The van der Waals surface area contributed by atoms with Crippen molar-refractivity contribution in [3.8, 4) is 0 Å². The van der Waals surface area contributed by atoms with Gasteiger partial charge in [-0.15, -0.1) is 0 Å². The maximum Gasteiger partial charge on any atom is 0.240 e. The molecule has 0 bridgehead atoms. The van der Waals surface area contributed by atoms with E-state index in [1.54, 1.807) is 13.8 Å². The third-order valence-corrected chi connectivity index (χ3v) is 4.88. The van der Waals surface area contributed by atoms with Crippen molar-refractivity contribution < 1.29 is 28.8 Å². The molecule has 12 nitrogen and oxygen atoms in total. The zero-order valence-corrected chi connectivity index (χ0v) is 18.3. The van der Waals surface area contributed by atoms with Crippen LogP contribution >= 0.6 is 0 Å². The largest absolute Gasteiger partial charge is 0.277 e. The van der Waals surface area contributed by atoms with Crippen molar-refractivity contribution in [2.45, 2.75) is 65.2 Å². The highest BCUT2D eigenvalue weighted by Crippen LogP contribution is 2.12. The molecule has 174 valence electrons. The predicted molar refractivity (Wildman–Crippen MR) is 113 cm³/mol. The molecular formula is C20H28N6O6. The summed E-state index contributed by atoms with van der Waals surface area (Å²) in [4.78, 5) is 72.2. The number of hydrogen-bond acceptors (Lipinski definition) is 8. The molecule has 0 aromatic rings. The molecule has 0 aromatic heterocycles. The standard InChI is InChI=1S/C20H28N6O6/c1-13(11-25-17(29)7-8-18(25)30)21-23-15(27)5-3-4-6-16(28)24-22-14(2)12-26-19(31)9-10-20(26)32/h3-12H2,1-2H3,(H,23,27)(H,24,28). The molecule has 0 aromatic carbocycles. The Morgan fingerprint density at radius 1 is 0.688 bits per heavy atom. The molecule has 0 atom stereocenters. The molecule has 2 N–H and O–H groups in total. The van der Waals surface area contributed by atoms with Crippen molar-refractivity contribution in [3.63, 3.8) is 0 Å². The molecule has 2 fully saturated rings. The third-order valence-electron chi connectivity index (χ3n) is 4.88. The molecule has 12 heteroatoms. The molecule has 0 spiro atoms. The number of amides is 6. The van der Waals surface area contributed by atoms with Crippen LogP contribution in [0.5, 0.6) is 0 Å². The zero-order chi connectivity index (χ0) is 23.7. The molecule has 0 radical (unpaired) electrons. The highest BCUT2D eigenvalue weighted by atomic mass is 16.2. The molecule has 2 saturated heterocycles. The number of nitrogens with one attached hydrogen (secondary N) is 2. The van der Waals surface area contributed by atoms with Crippen LogP contribution in [-0.4, -0.2) is 69.8 Å². The summed E-state index contributed by atoms with van der Waals surface area (Å²) in [5.41, 5.74) is 5.62. The Bertz CT molecular complexity index is 763. The first-order valence-corrected chi connectivity index (χ1v) is 10.5. The Labute approximate surface area is 185 Å². The summed E-state index contributed by atoms with van der Waals surface area (Å²) >= 11 is 0. The van der Waals surface area contributed by atoms with Crippen molar-refractivity contribution in [1.29, 1.82) is 0 Å². The fraction of sp³-hybridized carbons (Fsp3) is 0.600. The van der Waals surface area contributed by atoms with Gasteiger partial charge in [0.05, 0.1) is 24.5 Å². The van der Waals surface area contributed by atoms with E-state index in [-0.39, 0.29) is 87.1 Å². The fourth-order valence-corrected chi connectivity index (χ4v) is 3.13. The van der Waals surface area contributed by atoms with Gasteiger partial charge in [-0.1, -0.05) is 0 Å². The van der Waals surface area contributed by atoms with E-state index in [1.807, 2.05) is 0 Å². The Hall–Kier alpha value is -3.44. The SMILES string of the molecule is CC(CN1C(=O)CCC1=O)=NNC(=O)CCCCC(=O)NN=C(C)CN1C(=O)CCC1=O. The number of carbonyl (C=O) groups excluding carboxylic acids is 6. The number of hydrazone groups is 2. The zero-order valence-electron chi connectivity index (χ0n) is 18.3. The van der Waals surface area contributed by atoms with E-state index in [1.165, 1.54) is 0 Å². The van der Waals surface area contributed by atoms with Crippen LogP contribution in [0.2, 0.25) is 0 Å². The summed E-state index contributed by atoms with van der Waals surface area (Å²) in [5, 5.41) is 7.79. The lowest BCUT2D eigenvalue weighted by atomic mass is 10.2. The second-order valence-electron chi connectivity index (χ2n) is 7.72. The lowest BCUT2D eigenvalue weighted by Gasteiger charge is -2.13. The van der Waals surface area contributed by atoms with Crippen molar-refractivity contribution in [1.82, 2.24) is 20.7 Å². The second-order valence-corrected chi connectivity index (χ2v) is 7.72. The van der Waals surface area contributed by atoms with Crippen LogP contribution in [-0.2, 0) is 28.8 Å². The van der Waals surface area contributed by atoms with E-state index in [0.29, 0.717) is 24.3 Å². The van der Waals surface area contributed by atoms with Crippen LogP contribution in [0.1, 0.15) is 65.2 Å². The first kappa shape index (κ1) is 24.8. The van der Waals surface area contributed by atoms with Gasteiger partial charge in [-0.05, 0) is 26.7 Å².